The number of carbonyl (C=O) groups excluding carboxylic acids is 2. The fourth-order valence-electron chi connectivity index (χ4n) is 6.89. The molecular weight excluding hydrogens is 703 g/mol. The monoisotopic (exact) mass is 742 g/mol. The first-order valence-electron chi connectivity index (χ1n) is 17.4. The standard InChI is InChI=1S/C38H40Cl2N8O4/c1-47-32(20-41-16-15-24-10-13-33(49)43-24)46-48-21-23(17-31(48)38(47)51)26-5-3-6-27(35(26)39)28-7-4-8-29(36(28)40)30-12-9-22(37(45-30)52-2)18-42-19-25-11-14-34(50)44-25/h3-9,12,17,21,24-25,41-42H,10-11,13-16,18-20H2,1-2H3,(H,43,49)(H,44,50). The Kier molecular flexibility index (Phi) is 10.6. The summed E-state index contributed by atoms with van der Waals surface area (Å²) in [6, 6.07) is 17.5. The first-order chi connectivity index (χ1) is 25.2. The molecule has 0 spiro atoms. The minimum atomic E-state index is -0.170. The number of ether oxygens (including phenoxy) is 1. The van der Waals surface area contributed by atoms with Crippen LogP contribution in [0.25, 0.3) is 39.0 Å². The molecule has 52 heavy (non-hydrogen) atoms. The Bertz CT molecular complexity index is 2220. The lowest BCUT2D eigenvalue weighted by molar-refractivity contribution is -0.120. The van der Waals surface area contributed by atoms with Gasteiger partial charge in [0.05, 0.1) is 29.4 Å². The normalized spacial score (nSPS) is 17.2. The van der Waals surface area contributed by atoms with Gasteiger partial charge in [0.2, 0.25) is 17.7 Å². The van der Waals surface area contributed by atoms with Crippen molar-refractivity contribution in [1.82, 2.24) is 40.4 Å². The summed E-state index contributed by atoms with van der Waals surface area (Å²) < 4.78 is 8.80. The highest BCUT2D eigenvalue weighted by atomic mass is 35.5. The van der Waals surface area contributed by atoms with Crippen molar-refractivity contribution in [1.29, 1.82) is 0 Å². The van der Waals surface area contributed by atoms with E-state index in [1.807, 2.05) is 54.7 Å². The Morgan fingerprint density at radius 2 is 1.54 bits per heavy atom. The number of benzene rings is 2. The highest BCUT2D eigenvalue weighted by Gasteiger charge is 2.22. The molecule has 2 aliphatic heterocycles. The molecule has 2 atom stereocenters. The number of aromatic nitrogens is 4. The van der Waals surface area contributed by atoms with Crippen LogP contribution in [0.5, 0.6) is 5.88 Å². The minimum Gasteiger partial charge on any atom is -0.481 e. The number of hydrogen-bond acceptors (Lipinski definition) is 8. The van der Waals surface area contributed by atoms with Crippen LogP contribution in [0.15, 0.2) is 65.6 Å². The van der Waals surface area contributed by atoms with Crippen molar-refractivity contribution in [2.24, 2.45) is 7.05 Å². The number of amides is 2. The summed E-state index contributed by atoms with van der Waals surface area (Å²) in [5.41, 5.74) is 5.48. The van der Waals surface area contributed by atoms with Gasteiger partial charge in [-0.15, -0.1) is 0 Å². The number of rotatable bonds is 13. The second-order valence-electron chi connectivity index (χ2n) is 13.2. The van der Waals surface area contributed by atoms with E-state index in [4.69, 9.17) is 38.0 Å². The molecule has 0 aliphatic carbocycles. The zero-order valence-electron chi connectivity index (χ0n) is 29.0. The molecule has 7 rings (SSSR count). The van der Waals surface area contributed by atoms with Gasteiger partial charge in [0.1, 0.15) is 11.3 Å². The summed E-state index contributed by atoms with van der Waals surface area (Å²) in [5, 5.41) is 18.4. The third-order valence-corrected chi connectivity index (χ3v) is 10.6. The topological polar surface area (TPSA) is 144 Å². The lowest BCUT2D eigenvalue weighted by atomic mass is 9.97. The van der Waals surface area contributed by atoms with Crippen molar-refractivity contribution in [3.63, 3.8) is 0 Å². The van der Waals surface area contributed by atoms with E-state index < -0.39 is 0 Å². The molecule has 14 heteroatoms. The number of pyridine rings is 1. The van der Waals surface area contributed by atoms with Crippen molar-refractivity contribution < 1.29 is 14.3 Å². The number of halogens is 2. The SMILES string of the molecule is COc1nc(-c2cccc(-c3cccc(-c4cc5c(=O)n(C)c(CNCCC6CCC(=O)N6)nn5c4)c3Cl)c2Cl)ccc1CNCC1CCC(=O)N1. The molecule has 5 heterocycles. The Labute approximate surface area is 310 Å². The van der Waals surface area contributed by atoms with Gasteiger partial charge in [-0.2, -0.15) is 5.10 Å². The highest BCUT2D eigenvalue weighted by molar-refractivity contribution is 6.39. The van der Waals surface area contributed by atoms with Gasteiger partial charge in [0.15, 0.2) is 0 Å². The van der Waals surface area contributed by atoms with Crippen molar-refractivity contribution >= 4 is 40.5 Å². The molecule has 0 radical (unpaired) electrons. The molecule has 0 saturated carbocycles. The zero-order chi connectivity index (χ0) is 36.4. The molecule has 3 aromatic heterocycles. The van der Waals surface area contributed by atoms with E-state index in [1.54, 1.807) is 29.3 Å². The average Bonchev–Trinajstić information content (AvgIpc) is 3.89. The molecule has 2 aliphatic rings. The molecule has 2 fully saturated rings. The van der Waals surface area contributed by atoms with E-state index in [0.29, 0.717) is 72.0 Å². The largest absolute Gasteiger partial charge is 0.481 e. The van der Waals surface area contributed by atoms with E-state index in [0.717, 1.165) is 52.6 Å². The zero-order valence-corrected chi connectivity index (χ0v) is 30.5. The number of nitrogens with zero attached hydrogens (tertiary/aromatic N) is 4. The van der Waals surface area contributed by atoms with Gasteiger partial charge in [-0.05, 0) is 37.9 Å². The Balaban J connectivity index is 1.11. The van der Waals surface area contributed by atoms with Gasteiger partial charge in [-0.25, -0.2) is 9.50 Å². The van der Waals surface area contributed by atoms with Crippen LogP contribution in [-0.2, 0) is 29.7 Å². The quantitative estimate of drug-likeness (QED) is 0.125. The molecule has 2 unspecified atom stereocenters. The van der Waals surface area contributed by atoms with E-state index in [1.165, 1.54) is 0 Å². The Morgan fingerprint density at radius 3 is 2.23 bits per heavy atom. The second-order valence-corrected chi connectivity index (χ2v) is 14.0. The fourth-order valence-corrected chi connectivity index (χ4v) is 7.55. The number of fused-ring (bicyclic) bond motifs is 1. The number of nitrogens with one attached hydrogen (secondary N) is 4. The van der Waals surface area contributed by atoms with E-state index >= 15 is 0 Å². The van der Waals surface area contributed by atoms with Crippen LogP contribution in [0.4, 0.5) is 0 Å². The predicted molar refractivity (Wildman–Crippen MR) is 201 cm³/mol. The van der Waals surface area contributed by atoms with Crippen LogP contribution in [0.2, 0.25) is 10.0 Å². The average molecular weight is 744 g/mol. The maximum absolute atomic E-state index is 13.4. The van der Waals surface area contributed by atoms with Crippen LogP contribution in [-0.4, -0.2) is 63.3 Å². The van der Waals surface area contributed by atoms with Gasteiger partial charge in [-0.1, -0.05) is 65.7 Å². The molecule has 270 valence electrons. The molecule has 5 aromatic rings. The van der Waals surface area contributed by atoms with Crippen molar-refractivity contribution in [2.45, 2.75) is 57.3 Å². The van der Waals surface area contributed by atoms with Crippen molar-refractivity contribution in [3.05, 3.63) is 92.6 Å². The van der Waals surface area contributed by atoms with Gasteiger partial charge < -0.3 is 26.0 Å². The maximum Gasteiger partial charge on any atom is 0.277 e. The maximum atomic E-state index is 13.4. The summed E-state index contributed by atoms with van der Waals surface area (Å²) in [4.78, 5) is 41.2. The molecular formula is C38H40Cl2N8O4. The molecule has 0 bridgehead atoms. The summed E-state index contributed by atoms with van der Waals surface area (Å²) in [6.45, 7) is 2.30. The van der Waals surface area contributed by atoms with Crippen LogP contribution >= 0.6 is 23.2 Å². The number of hydrogen-bond donors (Lipinski definition) is 4. The molecule has 4 N–H and O–H groups in total. The van der Waals surface area contributed by atoms with Crippen molar-refractivity contribution in [3.8, 4) is 39.4 Å². The lowest BCUT2D eigenvalue weighted by Gasteiger charge is -2.15. The number of methoxy groups -OCH3 is 1. The van der Waals surface area contributed by atoms with Crippen LogP contribution in [0.1, 0.15) is 43.5 Å². The third-order valence-electron chi connectivity index (χ3n) is 9.77. The first-order valence-corrected chi connectivity index (χ1v) is 18.2. The van der Waals surface area contributed by atoms with E-state index in [-0.39, 0.29) is 29.5 Å². The van der Waals surface area contributed by atoms with E-state index in [9.17, 15) is 14.4 Å². The van der Waals surface area contributed by atoms with Gasteiger partial charge in [0, 0.05) is 84.6 Å². The highest BCUT2D eigenvalue weighted by Crippen LogP contribution is 2.42. The number of carbonyl (C=O) groups is 2. The summed E-state index contributed by atoms with van der Waals surface area (Å²) >= 11 is 14.2. The summed E-state index contributed by atoms with van der Waals surface area (Å²) in [6.07, 6.45) is 5.44. The fraction of sp³-hybridized carbons (Fsp3) is 0.342. The summed E-state index contributed by atoms with van der Waals surface area (Å²) in [7, 11) is 3.30. The summed E-state index contributed by atoms with van der Waals surface area (Å²) in [5.74, 6) is 1.27. The third kappa shape index (κ3) is 7.42. The molecule has 2 amide bonds. The van der Waals surface area contributed by atoms with E-state index in [2.05, 4.69) is 21.3 Å². The van der Waals surface area contributed by atoms with Crippen LogP contribution in [0, 0.1) is 0 Å². The van der Waals surface area contributed by atoms with Gasteiger partial charge in [-0.3, -0.25) is 19.0 Å². The molecule has 2 aromatic carbocycles. The lowest BCUT2D eigenvalue weighted by Crippen LogP contribution is -2.35. The van der Waals surface area contributed by atoms with Gasteiger partial charge in [0.25, 0.3) is 5.56 Å². The molecule has 12 nitrogen and oxygen atoms in total. The molecule has 2 saturated heterocycles. The minimum absolute atomic E-state index is 0.0912. The first kappa shape index (κ1) is 35.6. The Morgan fingerprint density at radius 1 is 0.865 bits per heavy atom. The van der Waals surface area contributed by atoms with Crippen molar-refractivity contribution in [2.75, 3.05) is 20.2 Å². The van der Waals surface area contributed by atoms with Crippen LogP contribution < -0.4 is 31.6 Å². The second kappa shape index (κ2) is 15.5. The van der Waals surface area contributed by atoms with Crippen LogP contribution in [0.3, 0.4) is 0 Å². The predicted octanol–water partition coefficient (Wildman–Crippen LogP) is 4.87. The Hall–Kier alpha value is -4.75. The smallest absolute Gasteiger partial charge is 0.277 e. The van der Waals surface area contributed by atoms with Gasteiger partial charge >= 0.3 is 0 Å².